The van der Waals surface area contributed by atoms with Gasteiger partial charge in [-0.25, -0.2) is 0 Å². The second-order valence-electron chi connectivity index (χ2n) is 8.55. The van der Waals surface area contributed by atoms with E-state index in [1.165, 1.54) is 62.3 Å². The fourth-order valence-electron chi connectivity index (χ4n) is 6.29. The maximum Gasteiger partial charge on any atom is 0.0147 e. The van der Waals surface area contributed by atoms with Gasteiger partial charge in [-0.1, -0.05) is 74.2 Å². The van der Waals surface area contributed by atoms with Gasteiger partial charge in [0.25, 0.3) is 0 Å². The molecule has 120 valence electrons. The monoisotopic (exact) mass is 312 g/mol. The minimum absolute atomic E-state index is 0.311. The lowest BCUT2D eigenvalue weighted by Crippen LogP contribution is -2.28. The molecule has 0 bridgehead atoms. The van der Waals surface area contributed by atoms with Gasteiger partial charge >= 0.3 is 0 Å². The fraction of sp³-hybridized carbons (Fsp3) is 0.417. The predicted octanol–water partition coefficient (Wildman–Crippen LogP) is 6.43. The van der Waals surface area contributed by atoms with Crippen LogP contribution in [0, 0.1) is 0 Å². The van der Waals surface area contributed by atoms with Crippen molar-refractivity contribution in [3.05, 3.63) is 65.3 Å². The highest BCUT2D eigenvalue weighted by molar-refractivity contribution is 6.04. The van der Waals surface area contributed by atoms with Crippen molar-refractivity contribution in [1.29, 1.82) is 0 Å². The summed E-state index contributed by atoms with van der Waals surface area (Å²) in [5.74, 6) is 0. The van der Waals surface area contributed by atoms with Gasteiger partial charge in [0.15, 0.2) is 0 Å². The van der Waals surface area contributed by atoms with Gasteiger partial charge in [0, 0.05) is 10.8 Å². The average molecular weight is 312 g/mol. The smallest absolute Gasteiger partial charge is 0.0147 e. The molecule has 6 rings (SSSR count). The van der Waals surface area contributed by atoms with Crippen LogP contribution in [0.25, 0.3) is 16.3 Å². The summed E-state index contributed by atoms with van der Waals surface area (Å²) in [5.41, 5.74) is 7.00. The SMILES string of the molecule is C1=CC2(CCCC2)c2ccc3cccc4c3c2C1=CC41CCCC1. The van der Waals surface area contributed by atoms with Gasteiger partial charge in [-0.15, -0.1) is 0 Å². The van der Waals surface area contributed by atoms with Crippen molar-refractivity contribution in [1.82, 2.24) is 0 Å². The van der Waals surface area contributed by atoms with Crippen LogP contribution in [-0.2, 0) is 10.8 Å². The van der Waals surface area contributed by atoms with E-state index in [9.17, 15) is 0 Å². The number of fused-ring (bicyclic) bond motifs is 2. The molecule has 0 heteroatoms. The van der Waals surface area contributed by atoms with Crippen LogP contribution < -0.4 is 0 Å². The zero-order valence-electron chi connectivity index (χ0n) is 14.3. The van der Waals surface area contributed by atoms with Crippen LogP contribution in [-0.4, -0.2) is 0 Å². The van der Waals surface area contributed by atoms with Gasteiger partial charge in [0.1, 0.15) is 0 Å². The number of allylic oxidation sites excluding steroid dienone is 4. The summed E-state index contributed by atoms with van der Waals surface area (Å²) >= 11 is 0. The summed E-state index contributed by atoms with van der Waals surface area (Å²) in [6, 6.07) is 11.9. The second kappa shape index (κ2) is 4.42. The van der Waals surface area contributed by atoms with E-state index in [-0.39, 0.29) is 0 Å². The largest absolute Gasteiger partial charge is 0.0733 e. The Bertz CT molecular complexity index is 912. The molecule has 4 aliphatic carbocycles. The fourth-order valence-corrected chi connectivity index (χ4v) is 6.29. The summed E-state index contributed by atoms with van der Waals surface area (Å²) in [6.07, 6.45) is 18.6. The summed E-state index contributed by atoms with van der Waals surface area (Å²) in [6.45, 7) is 0. The zero-order chi connectivity index (χ0) is 15.8. The molecule has 0 N–H and O–H groups in total. The quantitative estimate of drug-likeness (QED) is 0.526. The van der Waals surface area contributed by atoms with Crippen LogP contribution in [0.1, 0.15) is 68.1 Å². The Kier molecular flexibility index (Phi) is 2.48. The third-order valence-electron chi connectivity index (χ3n) is 7.41. The highest BCUT2D eigenvalue weighted by Crippen LogP contribution is 2.56. The van der Waals surface area contributed by atoms with E-state index < -0.39 is 0 Å². The molecule has 0 aliphatic heterocycles. The molecule has 4 aliphatic rings. The minimum Gasteiger partial charge on any atom is -0.0733 e. The highest BCUT2D eigenvalue weighted by atomic mass is 14.5. The van der Waals surface area contributed by atoms with Crippen molar-refractivity contribution in [3.8, 4) is 0 Å². The predicted molar refractivity (Wildman–Crippen MR) is 101 cm³/mol. The van der Waals surface area contributed by atoms with Crippen molar-refractivity contribution < 1.29 is 0 Å². The summed E-state index contributed by atoms with van der Waals surface area (Å²) < 4.78 is 0. The standard InChI is InChI=1S/C24H24/c1-2-12-23(11-1)15-10-18-16-24(13-3-4-14-24)19-7-5-6-17-8-9-20(23)22(18)21(17)19/h5-10,15-16H,1-4,11-14H2. The third-order valence-corrected chi connectivity index (χ3v) is 7.41. The molecule has 0 amide bonds. The van der Waals surface area contributed by atoms with Crippen molar-refractivity contribution in [3.63, 3.8) is 0 Å². The van der Waals surface area contributed by atoms with Crippen LogP contribution in [0.15, 0.2) is 48.6 Å². The molecule has 2 saturated carbocycles. The molecular weight excluding hydrogens is 288 g/mol. The lowest BCUT2D eigenvalue weighted by atomic mass is 9.64. The Morgan fingerprint density at radius 3 is 2.25 bits per heavy atom. The molecule has 0 aromatic heterocycles. The maximum atomic E-state index is 2.65. The molecule has 2 aromatic rings. The van der Waals surface area contributed by atoms with E-state index in [2.05, 4.69) is 48.6 Å². The normalized spacial score (nSPS) is 24.9. The Labute approximate surface area is 144 Å². The maximum absolute atomic E-state index is 2.65. The highest BCUT2D eigenvalue weighted by Gasteiger charge is 2.43. The van der Waals surface area contributed by atoms with Crippen LogP contribution in [0.5, 0.6) is 0 Å². The van der Waals surface area contributed by atoms with Crippen molar-refractivity contribution in [2.45, 2.75) is 62.2 Å². The molecule has 2 fully saturated rings. The van der Waals surface area contributed by atoms with Gasteiger partial charge in [0.05, 0.1) is 0 Å². The second-order valence-corrected chi connectivity index (χ2v) is 8.55. The van der Waals surface area contributed by atoms with E-state index in [4.69, 9.17) is 0 Å². The zero-order valence-corrected chi connectivity index (χ0v) is 14.3. The van der Waals surface area contributed by atoms with Gasteiger partial charge in [-0.2, -0.15) is 0 Å². The molecule has 24 heavy (non-hydrogen) atoms. The molecule has 0 saturated heterocycles. The first-order valence-corrected chi connectivity index (χ1v) is 9.81. The lowest BCUT2D eigenvalue weighted by molar-refractivity contribution is 0.544. The molecular formula is C24H24. The molecule has 2 aromatic carbocycles. The van der Waals surface area contributed by atoms with E-state index >= 15 is 0 Å². The van der Waals surface area contributed by atoms with Crippen LogP contribution in [0.3, 0.4) is 0 Å². The van der Waals surface area contributed by atoms with Gasteiger partial charge in [-0.05, 0) is 58.7 Å². The Morgan fingerprint density at radius 1 is 0.708 bits per heavy atom. The third kappa shape index (κ3) is 1.51. The summed E-state index contributed by atoms with van der Waals surface area (Å²) in [5, 5.41) is 3.04. The van der Waals surface area contributed by atoms with Crippen LogP contribution >= 0.6 is 0 Å². The minimum atomic E-state index is 0.311. The van der Waals surface area contributed by atoms with Gasteiger partial charge < -0.3 is 0 Å². The van der Waals surface area contributed by atoms with E-state index in [1.54, 1.807) is 22.1 Å². The average Bonchev–Trinajstić information content (AvgIpc) is 3.27. The van der Waals surface area contributed by atoms with Gasteiger partial charge in [0.2, 0.25) is 0 Å². The van der Waals surface area contributed by atoms with Crippen molar-refractivity contribution in [2.75, 3.05) is 0 Å². The van der Waals surface area contributed by atoms with Crippen molar-refractivity contribution >= 4 is 16.3 Å². The van der Waals surface area contributed by atoms with E-state index in [0.29, 0.717) is 10.8 Å². The number of benzene rings is 2. The Hall–Kier alpha value is -1.82. The molecule has 0 heterocycles. The first-order chi connectivity index (χ1) is 11.8. The molecule has 0 nitrogen and oxygen atoms in total. The molecule has 0 atom stereocenters. The van der Waals surface area contributed by atoms with E-state index in [1.807, 2.05) is 0 Å². The van der Waals surface area contributed by atoms with Crippen molar-refractivity contribution in [2.24, 2.45) is 0 Å². The lowest BCUT2D eigenvalue weighted by Gasteiger charge is -2.39. The first-order valence-electron chi connectivity index (χ1n) is 9.81. The molecule has 0 radical (unpaired) electrons. The number of rotatable bonds is 0. The number of hydrogen-bond donors (Lipinski definition) is 0. The summed E-state index contributed by atoms with van der Waals surface area (Å²) in [4.78, 5) is 0. The summed E-state index contributed by atoms with van der Waals surface area (Å²) in [7, 11) is 0. The molecule has 0 unspecified atom stereocenters. The van der Waals surface area contributed by atoms with Crippen LogP contribution in [0.4, 0.5) is 0 Å². The van der Waals surface area contributed by atoms with E-state index in [0.717, 1.165) is 0 Å². The Balaban J connectivity index is 1.74. The van der Waals surface area contributed by atoms with Gasteiger partial charge in [-0.3, -0.25) is 0 Å². The Morgan fingerprint density at radius 2 is 1.46 bits per heavy atom. The first kappa shape index (κ1) is 13.5. The number of hydrogen-bond acceptors (Lipinski definition) is 0. The molecule has 2 spiro atoms. The topological polar surface area (TPSA) is 0 Å². The van der Waals surface area contributed by atoms with Crippen LogP contribution in [0.2, 0.25) is 0 Å².